The lowest BCUT2D eigenvalue weighted by Gasteiger charge is -2.11. The van der Waals surface area contributed by atoms with Gasteiger partial charge in [0.25, 0.3) is 0 Å². The fourth-order valence-electron chi connectivity index (χ4n) is 2.01. The first-order valence-electron chi connectivity index (χ1n) is 6.75. The summed E-state index contributed by atoms with van der Waals surface area (Å²) in [4.78, 5) is 4.37. The van der Waals surface area contributed by atoms with Gasteiger partial charge >= 0.3 is 0 Å². The van der Waals surface area contributed by atoms with Gasteiger partial charge in [-0.25, -0.2) is 4.98 Å². The number of hydrogen-bond acceptors (Lipinski definition) is 4. The van der Waals surface area contributed by atoms with E-state index < -0.39 is 0 Å². The fourth-order valence-corrected chi connectivity index (χ4v) is 3.04. The quantitative estimate of drug-likeness (QED) is 0.762. The molecule has 1 heterocycles. The van der Waals surface area contributed by atoms with E-state index in [1.165, 1.54) is 5.56 Å². The number of imidazole rings is 1. The van der Waals surface area contributed by atoms with Crippen LogP contribution >= 0.6 is 11.8 Å². The molecule has 0 fully saturated rings. The molecule has 21 heavy (non-hydrogen) atoms. The van der Waals surface area contributed by atoms with Crippen LogP contribution in [0.1, 0.15) is 18.4 Å². The Labute approximate surface area is 129 Å². The Morgan fingerprint density at radius 1 is 1.33 bits per heavy atom. The highest BCUT2D eigenvalue weighted by Crippen LogP contribution is 2.25. The third kappa shape index (κ3) is 3.87. The molecule has 0 aliphatic rings. The van der Waals surface area contributed by atoms with Crippen LogP contribution in [-0.4, -0.2) is 15.3 Å². The normalized spacial score (nSPS) is 11.6. The minimum Gasteiger partial charge on any atom is -0.295 e. The number of hydrogen-bond donors (Lipinski definition) is 0. The van der Waals surface area contributed by atoms with Crippen LogP contribution in [0.5, 0.6) is 0 Å². The number of aromatic nitrogens is 2. The molecule has 0 radical (unpaired) electrons. The second-order valence-corrected chi connectivity index (χ2v) is 5.69. The topological polar surface area (TPSA) is 65.4 Å². The van der Waals surface area contributed by atoms with Gasteiger partial charge in [0, 0.05) is 24.6 Å². The molecule has 0 bridgehead atoms. The second kappa shape index (κ2) is 7.52. The highest BCUT2D eigenvalue weighted by Gasteiger charge is 2.12. The molecule has 5 heteroatoms. The molecule has 1 aromatic carbocycles. The van der Waals surface area contributed by atoms with Crippen molar-refractivity contribution in [3.63, 3.8) is 0 Å². The van der Waals surface area contributed by atoms with Crippen LogP contribution in [0, 0.1) is 35.5 Å². The van der Waals surface area contributed by atoms with Crippen molar-refractivity contribution in [2.45, 2.75) is 24.9 Å². The van der Waals surface area contributed by atoms with E-state index in [1.807, 2.05) is 22.9 Å². The van der Waals surface area contributed by atoms with E-state index in [0.29, 0.717) is 18.6 Å². The first-order chi connectivity index (χ1) is 10.3. The lowest BCUT2D eigenvalue weighted by molar-refractivity contribution is 0.683. The summed E-state index contributed by atoms with van der Waals surface area (Å²) in [6, 6.07) is 12.5. The van der Waals surface area contributed by atoms with Gasteiger partial charge in [-0.2, -0.15) is 10.5 Å². The minimum absolute atomic E-state index is 0.114. The minimum atomic E-state index is -0.114. The Bertz CT molecular complexity index is 678. The first-order valence-corrected chi connectivity index (χ1v) is 7.73. The SMILES string of the molecule is Cc1ccccc1-n1ccnc1SC[C@@H](C#N)CCC#N. The highest BCUT2D eigenvalue weighted by atomic mass is 32.2. The Kier molecular flexibility index (Phi) is 5.43. The number of benzene rings is 1. The predicted octanol–water partition coefficient (Wildman–Crippen LogP) is 3.72. The molecule has 106 valence electrons. The zero-order valence-electron chi connectivity index (χ0n) is 11.9. The lowest BCUT2D eigenvalue weighted by atomic mass is 10.1. The molecule has 1 atom stereocenters. The van der Waals surface area contributed by atoms with Gasteiger partial charge in [-0.1, -0.05) is 30.0 Å². The number of aryl methyl sites for hydroxylation is 1. The molecule has 0 N–H and O–H groups in total. The summed E-state index contributed by atoms with van der Waals surface area (Å²) in [5.41, 5.74) is 2.28. The molecule has 1 aromatic heterocycles. The monoisotopic (exact) mass is 296 g/mol. The van der Waals surface area contributed by atoms with Crippen LogP contribution in [0.15, 0.2) is 41.8 Å². The predicted molar refractivity (Wildman–Crippen MR) is 83.0 cm³/mol. The standard InChI is InChI=1S/C16H16N4S/c1-13-5-2-3-7-15(13)20-10-9-19-16(20)21-12-14(11-18)6-4-8-17/h2-3,5,7,9-10,14H,4,6,12H2,1H3/t14-/m1/s1. The van der Waals surface area contributed by atoms with E-state index >= 15 is 0 Å². The van der Waals surface area contributed by atoms with Crippen molar-refractivity contribution in [1.29, 1.82) is 10.5 Å². The van der Waals surface area contributed by atoms with Crippen LogP contribution in [0.3, 0.4) is 0 Å². The molecule has 0 saturated carbocycles. The molecule has 4 nitrogen and oxygen atoms in total. The molecule has 0 unspecified atom stereocenters. The van der Waals surface area contributed by atoms with Gasteiger partial charge in [-0.05, 0) is 25.0 Å². The number of thioether (sulfide) groups is 1. The number of nitriles is 2. The summed E-state index contributed by atoms with van der Waals surface area (Å²) >= 11 is 1.56. The largest absolute Gasteiger partial charge is 0.295 e. The zero-order chi connectivity index (χ0) is 15.1. The summed E-state index contributed by atoms with van der Waals surface area (Å²) in [7, 11) is 0. The van der Waals surface area contributed by atoms with Crippen molar-refractivity contribution in [3.8, 4) is 17.8 Å². The number of nitrogens with zero attached hydrogens (tertiary/aromatic N) is 4. The van der Waals surface area contributed by atoms with Crippen LogP contribution in [-0.2, 0) is 0 Å². The van der Waals surface area contributed by atoms with Crippen LogP contribution in [0.2, 0.25) is 0 Å². The molecular weight excluding hydrogens is 280 g/mol. The fraction of sp³-hybridized carbons (Fsp3) is 0.312. The first kappa shape index (κ1) is 15.2. The Balaban J connectivity index is 2.10. The Hall–Kier alpha value is -2.24. The molecule has 0 saturated heterocycles. The van der Waals surface area contributed by atoms with Gasteiger partial charge in [0.2, 0.25) is 0 Å². The van der Waals surface area contributed by atoms with Crippen LogP contribution < -0.4 is 0 Å². The molecule has 0 aliphatic carbocycles. The van der Waals surface area contributed by atoms with Crippen molar-refractivity contribution < 1.29 is 0 Å². The maximum Gasteiger partial charge on any atom is 0.172 e. The second-order valence-electron chi connectivity index (χ2n) is 4.70. The van der Waals surface area contributed by atoms with E-state index in [1.54, 1.807) is 18.0 Å². The zero-order valence-corrected chi connectivity index (χ0v) is 12.7. The van der Waals surface area contributed by atoms with Crippen molar-refractivity contribution in [1.82, 2.24) is 9.55 Å². The van der Waals surface area contributed by atoms with Gasteiger partial charge in [-0.15, -0.1) is 0 Å². The van der Waals surface area contributed by atoms with E-state index in [0.717, 1.165) is 10.8 Å². The lowest BCUT2D eigenvalue weighted by Crippen LogP contribution is -2.03. The van der Waals surface area contributed by atoms with Crippen LogP contribution in [0.25, 0.3) is 5.69 Å². The van der Waals surface area contributed by atoms with Gasteiger partial charge < -0.3 is 0 Å². The van der Waals surface area contributed by atoms with Gasteiger partial charge in [0.05, 0.1) is 23.7 Å². The summed E-state index contributed by atoms with van der Waals surface area (Å²) < 4.78 is 2.04. The van der Waals surface area contributed by atoms with Gasteiger partial charge in [0.1, 0.15) is 0 Å². The smallest absolute Gasteiger partial charge is 0.172 e. The van der Waals surface area contributed by atoms with Gasteiger partial charge in [0.15, 0.2) is 5.16 Å². The van der Waals surface area contributed by atoms with E-state index in [2.05, 4.69) is 36.2 Å². The highest BCUT2D eigenvalue weighted by molar-refractivity contribution is 7.99. The molecule has 2 aromatic rings. The summed E-state index contributed by atoms with van der Waals surface area (Å²) in [5, 5.41) is 18.6. The summed E-state index contributed by atoms with van der Waals surface area (Å²) in [5.74, 6) is 0.540. The maximum absolute atomic E-state index is 9.11. The van der Waals surface area contributed by atoms with E-state index in [9.17, 15) is 0 Å². The number of rotatable bonds is 6. The molecule has 0 aliphatic heterocycles. The van der Waals surface area contributed by atoms with Crippen molar-refractivity contribution in [2.75, 3.05) is 5.75 Å². The van der Waals surface area contributed by atoms with Gasteiger partial charge in [-0.3, -0.25) is 4.57 Å². The maximum atomic E-state index is 9.11. The van der Waals surface area contributed by atoms with E-state index in [4.69, 9.17) is 10.5 Å². The average molecular weight is 296 g/mol. The molecule has 2 rings (SSSR count). The van der Waals surface area contributed by atoms with Crippen molar-refractivity contribution >= 4 is 11.8 Å². The summed E-state index contributed by atoms with van der Waals surface area (Å²) in [6.45, 7) is 2.06. The average Bonchev–Trinajstić information content (AvgIpc) is 2.96. The molecular formula is C16H16N4S. The summed E-state index contributed by atoms with van der Waals surface area (Å²) in [6.07, 6.45) is 4.74. The Morgan fingerprint density at radius 3 is 2.86 bits per heavy atom. The van der Waals surface area contributed by atoms with Crippen molar-refractivity contribution in [3.05, 3.63) is 42.2 Å². The number of para-hydroxylation sites is 1. The Morgan fingerprint density at radius 2 is 2.14 bits per heavy atom. The van der Waals surface area contributed by atoms with Crippen LogP contribution in [0.4, 0.5) is 0 Å². The van der Waals surface area contributed by atoms with Crippen molar-refractivity contribution in [2.24, 2.45) is 5.92 Å². The molecule has 0 amide bonds. The third-order valence-electron chi connectivity index (χ3n) is 3.18. The molecule has 0 spiro atoms. The van der Waals surface area contributed by atoms with E-state index in [-0.39, 0.29) is 5.92 Å². The third-order valence-corrected chi connectivity index (χ3v) is 4.31.